The molecule has 9 nitrogen and oxygen atoms in total. The van der Waals surface area contributed by atoms with E-state index < -0.39 is 27.7 Å². The van der Waals surface area contributed by atoms with Gasteiger partial charge in [-0.1, -0.05) is 12.1 Å². The van der Waals surface area contributed by atoms with Crippen LogP contribution in [-0.4, -0.2) is 111 Å². The van der Waals surface area contributed by atoms with Gasteiger partial charge in [0.15, 0.2) is 0 Å². The van der Waals surface area contributed by atoms with Crippen LogP contribution in [0.15, 0.2) is 24.3 Å². The number of para-hydroxylation sites is 1. The average Bonchev–Trinajstić information content (AvgIpc) is 2.74. The summed E-state index contributed by atoms with van der Waals surface area (Å²) >= 11 is 0. The molecule has 0 saturated carbocycles. The van der Waals surface area contributed by atoms with Crippen LogP contribution in [0.2, 0.25) is 0 Å². The molecule has 1 aromatic carbocycles. The standard InChI is InChI=1S/C20H28F3N5O4S/c1-33(31,32)28-12-10-27(11-13-28)19(30)15-26-8-6-25(7-9-26)14-18(29)24-17-5-3-2-4-16(17)20(21,22)23/h2-5H,6-15H2,1H3,(H,24,29). The minimum Gasteiger partial charge on any atom is -0.339 e. The van der Waals surface area contributed by atoms with E-state index in [0.29, 0.717) is 39.3 Å². The van der Waals surface area contributed by atoms with Crippen molar-refractivity contribution in [3.8, 4) is 0 Å². The number of rotatable bonds is 6. The lowest BCUT2D eigenvalue weighted by Crippen LogP contribution is -2.54. The van der Waals surface area contributed by atoms with Crippen molar-refractivity contribution in [3.05, 3.63) is 29.8 Å². The summed E-state index contributed by atoms with van der Waals surface area (Å²) in [7, 11) is -3.26. The number of carbonyl (C=O) groups is 2. The highest BCUT2D eigenvalue weighted by Gasteiger charge is 2.34. The highest BCUT2D eigenvalue weighted by Crippen LogP contribution is 2.34. The van der Waals surface area contributed by atoms with Gasteiger partial charge in [-0.15, -0.1) is 0 Å². The Balaban J connectivity index is 1.42. The maximum atomic E-state index is 13.1. The highest BCUT2D eigenvalue weighted by atomic mass is 32.2. The van der Waals surface area contributed by atoms with Crippen LogP contribution in [-0.2, 0) is 25.8 Å². The van der Waals surface area contributed by atoms with Gasteiger partial charge < -0.3 is 10.2 Å². The number of halogens is 3. The molecule has 3 rings (SSSR count). The number of benzene rings is 1. The van der Waals surface area contributed by atoms with E-state index >= 15 is 0 Å². The second-order valence-corrected chi connectivity index (χ2v) is 10.2. The molecule has 0 bridgehead atoms. The summed E-state index contributed by atoms with van der Waals surface area (Å²) in [6.45, 7) is 3.53. The molecule has 2 aliphatic rings. The number of alkyl halides is 3. The van der Waals surface area contributed by atoms with Crippen molar-refractivity contribution >= 4 is 27.5 Å². The fourth-order valence-corrected chi connectivity index (χ4v) is 4.72. The maximum absolute atomic E-state index is 13.1. The summed E-state index contributed by atoms with van der Waals surface area (Å²) in [5.41, 5.74) is -1.16. The lowest BCUT2D eigenvalue weighted by Gasteiger charge is -2.37. The highest BCUT2D eigenvalue weighted by molar-refractivity contribution is 7.88. The lowest BCUT2D eigenvalue weighted by atomic mass is 10.1. The minimum atomic E-state index is -4.56. The molecule has 2 heterocycles. The van der Waals surface area contributed by atoms with Gasteiger partial charge in [-0.3, -0.25) is 19.4 Å². The Labute approximate surface area is 191 Å². The molecule has 2 aliphatic heterocycles. The van der Waals surface area contributed by atoms with Gasteiger partial charge in [-0.05, 0) is 12.1 Å². The van der Waals surface area contributed by atoms with Crippen LogP contribution in [0.1, 0.15) is 5.56 Å². The van der Waals surface area contributed by atoms with E-state index in [-0.39, 0.29) is 37.8 Å². The molecule has 0 aromatic heterocycles. The largest absolute Gasteiger partial charge is 0.418 e. The second-order valence-electron chi connectivity index (χ2n) is 8.19. The molecule has 2 amide bonds. The first kappa shape index (κ1) is 25.4. The van der Waals surface area contributed by atoms with Crippen molar-refractivity contribution < 1.29 is 31.2 Å². The minimum absolute atomic E-state index is 0.0402. The molecular formula is C20H28F3N5O4S. The molecule has 1 N–H and O–H groups in total. The van der Waals surface area contributed by atoms with Crippen molar-refractivity contribution in [1.82, 2.24) is 19.0 Å². The molecule has 0 aliphatic carbocycles. The van der Waals surface area contributed by atoms with E-state index in [1.807, 2.05) is 9.80 Å². The molecule has 2 fully saturated rings. The number of amides is 2. The van der Waals surface area contributed by atoms with Crippen LogP contribution in [0.5, 0.6) is 0 Å². The summed E-state index contributed by atoms with van der Waals surface area (Å²) < 4.78 is 63.8. The predicted molar refractivity (Wildman–Crippen MR) is 116 cm³/mol. The monoisotopic (exact) mass is 491 g/mol. The third-order valence-electron chi connectivity index (χ3n) is 5.76. The van der Waals surface area contributed by atoms with Crippen molar-refractivity contribution in [3.63, 3.8) is 0 Å². The van der Waals surface area contributed by atoms with Crippen LogP contribution in [0.25, 0.3) is 0 Å². The smallest absolute Gasteiger partial charge is 0.339 e. The Hall–Kier alpha value is -2.22. The maximum Gasteiger partial charge on any atom is 0.418 e. The van der Waals surface area contributed by atoms with Gasteiger partial charge in [-0.25, -0.2) is 8.42 Å². The summed E-state index contributed by atoms with van der Waals surface area (Å²) in [6.07, 6.45) is -3.40. The third-order valence-corrected chi connectivity index (χ3v) is 7.06. The van der Waals surface area contributed by atoms with E-state index in [9.17, 15) is 31.2 Å². The molecule has 0 spiro atoms. The summed E-state index contributed by atoms with van der Waals surface area (Å²) in [5.74, 6) is -0.599. The van der Waals surface area contributed by atoms with E-state index in [1.165, 1.54) is 22.5 Å². The first-order valence-corrected chi connectivity index (χ1v) is 12.4. The van der Waals surface area contributed by atoms with Crippen LogP contribution in [0.4, 0.5) is 18.9 Å². The Morgan fingerprint density at radius 1 is 0.909 bits per heavy atom. The van der Waals surface area contributed by atoms with E-state index in [0.717, 1.165) is 12.3 Å². The van der Waals surface area contributed by atoms with Crippen molar-refractivity contribution in [2.75, 3.05) is 77.0 Å². The summed E-state index contributed by atoms with van der Waals surface area (Å²) in [6, 6.07) is 4.85. The van der Waals surface area contributed by atoms with E-state index in [4.69, 9.17) is 0 Å². The van der Waals surface area contributed by atoms with Crippen molar-refractivity contribution in [2.45, 2.75) is 6.18 Å². The van der Waals surface area contributed by atoms with Gasteiger partial charge in [0.25, 0.3) is 0 Å². The normalized spacial score (nSPS) is 19.5. The Morgan fingerprint density at radius 2 is 1.45 bits per heavy atom. The van der Waals surface area contributed by atoms with Gasteiger partial charge in [-0.2, -0.15) is 17.5 Å². The number of carbonyl (C=O) groups excluding carboxylic acids is 2. The molecule has 184 valence electrons. The number of hydrogen-bond acceptors (Lipinski definition) is 6. The zero-order chi connectivity index (χ0) is 24.2. The Kier molecular flexibility index (Phi) is 7.98. The van der Waals surface area contributed by atoms with E-state index in [1.54, 1.807) is 4.90 Å². The van der Waals surface area contributed by atoms with Gasteiger partial charge in [0, 0.05) is 52.4 Å². The lowest BCUT2D eigenvalue weighted by molar-refractivity contribution is -0.137. The SMILES string of the molecule is CS(=O)(=O)N1CCN(C(=O)CN2CCN(CC(=O)Nc3ccccc3C(F)(F)F)CC2)CC1. The number of piperazine rings is 2. The topological polar surface area (TPSA) is 93.3 Å². The Bertz CT molecular complexity index is 957. The first-order chi connectivity index (χ1) is 15.4. The van der Waals surface area contributed by atoms with Crippen LogP contribution >= 0.6 is 0 Å². The zero-order valence-electron chi connectivity index (χ0n) is 18.3. The zero-order valence-corrected chi connectivity index (χ0v) is 19.2. The fraction of sp³-hybridized carbons (Fsp3) is 0.600. The third kappa shape index (κ3) is 7.13. The molecule has 33 heavy (non-hydrogen) atoms. The van der Waals surface area contributed by atoms with Crippen molar-refractivity contribution in [1.29, 1.82) is 0 Å². The summed E-state index contributed by atoms with van der Waals surface area (Å²) in [5, 5.41) is 2.34. The molecular weight excluding hydrogens is 463 g/mol. The van der Waals surface area contributed by atoms with Crippen LogP contribution in [0, 0.1) is 0 Å². The number of nitrogens with zero attached hydrogens (tertiary/aromatic N) is 4. The number of nitrogens with one attached hydrogen (secondary N) is 1. The van der Waals surface area contributed by atoms with Gasteiger partial charge in [0.2, 0.25) is 21.8 Å². The molecule has 2 saturated heterocycles. The average molecular weight is 492 g/mol. The second kappa shape index (κ2) is 10.4. The molecule has 0 radical (unpaired) electrons. The van der Waals surface area contributed by atoms with Crippen LogP contribution < -0.4 is 5.32 Å². The van der Waals surface area contributed by atoms with E-state index in [2.05, 4.69) is 5.32 Å². The van der Waals surface area contributed by atoms with Gasteiger partial charge in [0.1, 0.15) is 0 Å². The molecule has 13 heteroatoms. The van der Waals surface area contributed by atoms with Crippen molar-refractivity contribution in [2.24, 2.45) is 0 Å². The predicted octanol–water partition coefficient (Wildman–Crippen LogP) is 0.365. The summed E-state index contributed by atoms with van der Waals surface area (Å²) in [4.78, 5) is 30.3. The number of hydrogen-bond donors (Lipinski definition) is 1. The molecule has 0 atom stereocenters. The first-order valence-electron chi connectivity index (χ1n) is 10.6. The quantitative estimate of drug-likeness (QED) is 0.618. The number of anilines is 1. The molecule has 1 aromatic rings. The fourth-order valence-electron chi connectivity index (χ4n) is 3.90. The van der Waals surface area contributed by atoms with Crippen LogP contribution in [0.3, 0.4) is 0 Å². The van der Waals surface area contributed by atoms with Gasteiger partial charge >= 0.3 is 6.18 Å². The number of sulfonamides is 1. The van der Waals surface area contributed by atoms with Gasteiger partial charge in [0.05, 0.1) is 30.6 Å². The molecule has 0 unspecified atom stereocenters. The Morgan fingerprint density at radius 3 is 2.00 bits per heavy atom.